The first-order chi connectivity index (χ1) is 10.2. The highest BCUT2D eigenvalue weighted by molar-refractivity contribution is 5.69. The van der Waals surface area contributed by atoms with E-state index in [1.165, 1.54) is 23.1 Å². The molecule has 122 valence electrons. The van der Waals surface area contributed by atoms with Crippen molar-refractivity contribution in [2.45, 2.75) is 51.3 Å². The van der Waals surface area contributed by atoms with E-state index in [0.29, 0.717) is 19.4 Å². The van der Waals surface area contributed by atoms with Gasteiger partial charge < -0.3 is 15.4 Å². The smallest absolute Gasteiger partial charge is 0.410 e. The van der Waals surface area contributed by atoms with E-state index in [4.69, 9.17) is 10.5 Å². The van der Waals surface area contributed by atoms with Crippen LogP contribution >= 0.6 is 0 Å². The summed E-state index contributed by atoms with van der Waals surface area (Å²) in [6.07, 6.45) is 0.301. The predicted octanol–water partition coefficient (Wildman–Crippen LogP) is 3.36. The molecule has 1 aromatic rings. The molecule has 1 fully saturated rings. The molecule has 2 unspecified atom stereocenters. The maximum atomic E-state index is 14.1. The lowest BCUT2D eigenvalue weighted by Gasteiger charge is -2.39. The second-order valence-electron chi connectivity index (χ2n) is 6.61. The molecule has 2 rings (SSSR count). The molecule has 2 atom stereocenters. The topological polar surface area (TPSA) is 55.6 Å². The molecule has 1 saturated heterocycles. The van der Waals surface area contributed by atoms with Gasteiger partial charge in [0.2, 0.25) is 0 Å². The first-order valence-electron chi connectivity index (χ1n) is 7.38. The lowest BCUT2D eigenvalue weighted by molar-refractivity contribution is 0.00717. The second-order valence-corrected chi connectivity index (χ2v) is 6.61. The molecule has 1 heterocycles. The summed E-state index contributed by atoms with van der Waals surface area (Å²) in [5, 5.41) is 0. The van der Waals surface area contributed by atoms with E-state index in [1.54, 1.807) is 20.8 Å². The molecular weight excluding hydrogens is 290 g/mol. The van der Waals surface area contributed by atoms with Crippen molar-refractivity contribution in [3.05, 3.63) is 35.4 Å². The van der Waals surface area contributed by atoms with Gasteiger partial charge in [-0.1, -0.05) is 6.07 Å². The lowest BCUT2D eigenvalue weighted by atomic mass is 9.92. The molecule has 0 radical (unpaired) electrons. The van der Waals surface area contributed by atoms with E-state index >= 15 is 0 Å². The van der Waals surface area contributed by atoms with Gasteiger partial charge in [-0.15, -0.1) is 0 Å². The van der Waals surface area contributed by atoms with Crippen molar-refractivity contribution in [1.82, 2.24) is 4.90 Å². The number of nitrogens with zero attached hydrogens (tertiary/aromatic N) is 1. The van der Waals surface area contributed by atoms with Gasteiger partial charge in [0.15, 0.2) is 0 Å². The van der Waals surface area contributed by atoms with Gasteiger partial charge in [0.1, 0.15) is 17.2 Å². The molecule has 1 aliphatic heterocycles. The molecule has 1 aromatic carbocycles. The summed E-state index contributed by atoms with van der Waals surface area (Å²) in [4.78, 5) is 13.7. The van der Waals surface area contributed by atoms with Crippen LogP contribution in [-0.2, 0) is 4.74 Å². The normalized spacial score (nSPS) is 22.5. The van der Waals surface area contributed by atoms with Crippen LogP contribution in [0.3, 0.4) is 0 Å². The number of halogens is 2. The molecule has 6 heteroatoms. The van der Waals surface area contributed by atoms with Gasteiger partial charge in [-0.3, -0.25) is 0 Å². The van der Waals surface area contributed by atoms with Crippen LogP contribution in [0, 0.1) is 11.6 Å². The van der Waals surface area contributed by atoms with Crippen LogP contribution in [-0.4, -0.2) is 29.2 Å². The Morgan fingerprint density at radius 2 is 1.91 bits per heavy atom. The van der Waals surface area contributed by atoms with Crippen LogP contribution in [0.15, 0.2) is 18.2 Å². The van der Waals surface area contributed by atoms with Crippen LogP contribution in [0.25, 0.3) is 0 Å². The molecule has 4 nitrogen and oxygen atoms in total. The van der Waals surface area contributed by atoms with E-state index < -0.39 is 29.4 Å². The largest absolute Gasteiger partial charge is 0.444 e. The fraction of sp³-hybridized carbons (Fsp3) is 0.562. The predicted molar refractivity (Wildman–Crippen MR) is 79.2 cm³/mol. The molecule has 0 bridgehead atoms. The molecule has 0 aliphatic carbocycles. The molecule has 1 aliphatic rings. The monoisotopic (exact) mass is 312 g/mol. The second kappa shape index (κ2) is 6.20. The molecule has 1 amide bonds. The van der Waals surface area contributed by atoms with Gasteiger partial charge in [-0.25, -0.2) is 13.6 Å². The standard InChI is InChI=1S/C16H22F2N2O2/c1-16(2,3)22-15(21)20-8-7-10(19)9-13(20)14-11(17)5-4-6-12(14)18/h4-6,10,13H,7-9,19H2,1-3H3. The highest BCUT2D eigenvalue weighted by Crippen LogP contribution is 2.34. The summed E-state index contributed by atoms with van der Waals surface area (Å²) in [6, 6.07) is 2.72. The maximum Gasteiger partial charge on any atom is 0.410 e. The molecule has 22 heavy (non-hydrogen) atoms. The van der Waals surface area contributed by atoms with Crippen molar-refractivity contribution >= 4 is 6.09 Å². The molecule has 0 saturated carbocycles. The van der Waals surface area contributed by atoms with Crippen LogP contribution < -0.4 is 5.73 Å². The third-order valence-electron chi connectivity index (χ3n) is 3.60. The zero-order valence-corrected chi connectivity index (χ0v) is 13.1. The van der Waals surface area contributed by atoms with E-state index in [-0.39, 0.29) is 11.6 Å². The fourth-order valence-electron chi connectivity index (χ4n) is 2.63. The van der Waals surface area contributed by atoms with Crippen molar-refractivity contribution in [2.75, 3.05) is 6.54 Å². The zero-order valence-electron chi connectivity index (χ0n) is 13.1. The summed E-state index contributed by atoms with van der Waals surface area (Å²) in [7, 11) is 0. The van der Waals surface area contributed by atoms with Crippen LogP contribution in [0.5, 0.6) is 0 Å². The van der Waals surface area contributed by atoms with Gasteiger partial charge in [-0.2, -0.15) is 0 Å². The Bertz CT molecular complexity index is 537. The fourth-order valence-corrected chi connectivity index (χ4v) is 2.63. The maximum absolute atomic E-state index is 14.1. The van der Waals surface area contributed by atoms with Crippen LogP contribution in [0.2, 0.25) is 0 Å². The SMILES string of the molecule is CC(C)(C)OC(=O)N1CCC(N)CC1c1c(F)cccc1F. The highest BCUT2D eigenvalue weighted by atomic mass is 19.1. The summed E-state index contributed by atoms with van der Waals surface area (Å²) < 4.78 is 33.5. The highest BCUT2D eigenvalue weighted by Gasteiger charge is 2.36. The Hall–Kier alpha value is -1.69. The van der Waals surface area contributed by atoms with Crippen molar-refractivity contribution in [3.63, 3.8) is 0 Å². The van der Waals surface area contributed by atoms with Crippen LogP contribution in [0.4, 0.5) is 13.6 Å². The van der Waals surface area contributed by atoms with Crippen molar-refractivity contribution < 1.29 is 18.3 Å². The first kappa shape index (κ1) is 16.7. The first-order valence-corrected chi connectivity index (χ1v) is 7.38. The van der Waals surface area contributed by atoms with E-state index in [1.807, 2.05) is 0 Å². The Kier molecular flexibility index (Phi) is 4.70. The van der Waals surface area contributed by atoms with Gasteiger partial charge in [0, 0.05) is 18.2 Å². The minimum Gasteiger partial charge on any atom is -0.444 e. The zero-order chi connectivity index (χ0) is 16.5. The quantitative estimate of drug-likeness (QED) is 0.865. The van der Waals surface area contributed by atoms with Crippen LogP contribution in [0.1, 0.15) is 45.2 Å². The number of ether oxygens (including phenoxy) is 1. The molecular formula is C16H22F2N2O2. The third kappa shape index (κ3) is 3.74. The summed E-state index contributed by atoms with van der Waals surface area (Å²) in [6.45, 7) is 5.56. The minimum atomic E-state index is -0.750. The molecule has 2 N–H and O–H groups in total. The van der Waals surface area contributed by atoms with E-state index in [9.17, 15) is 13.6 Å². The van der Waals surface area contributed by atoms with E-state index in [2.05, 4.69) is 0 Å². The summed E-state index contributed by atoms with van der Waals surface area (Å²) in [5.74, 6) is -1.35. The average molecular weight is 312 g/mol. The van der Waals surface area contributed by atoms with Gasteiger partial charge in [0.05, 0.1) is 6.04 Å². The van der Waals surface area contributed by atoms with E-state index in [0.717, 1.165) is 0 Å². The lowest BCUT2D eigenvalue weighted by Crippen LogP contribution is -2.47. The number of hydrogen-bond acceptors (Lipinski definition) is 3. The number of likely N-dealkylation sites (tertiary alicyclic amines) is 1. The molecule has 0 spiro atoms. The Morgan fingerprint density at radius 3 is 2.45 bits per heavy atom. The minimum absolute atomic E-state index is 0.122. The number of rotatable bonds is 1. The number of nitrogens with two attached hydrogens (primary N) is 1. The number of carbonyl (C=O) groups excluding carboxylic acids is 1. The Morgan fingerprint density at radius 1 is 1.32 bits per heavy atom. The number of hydrogen-bond donors (Lipinski definition) is 1. The Labute approximate surface area is 129 Å². The van der Waals surface area contributed by atoms with Crippen molar-refractivity contribution in [1.29, 1.82) is 0 Å². The molecule has 0 aromatic heterocycles. The number of amides is 1. The number of piperidine rings is 1. The summed E-state index contributed by atoms with van der Waals surface area (Å²) in [5.41, 5.74) is 5.14. The van der Waals surface area contributed by atoms with Crippen molar-refractivity contribution in [2.24, 2.45) is 5.73 Å². The van der Waals surface area contributed by atoms with Gasteiger partial charge in [-0.05, 0) is 45.7 Å². The average Bonchev–Trinajstić information content (AvgIpc) is 2.36. The van der Waals surface area contributed by atoms with Gasteiger partial charge >= 0.3 is 6.09 Å². The number of carbonyl (C=O) groups is 1. The summed E-state index contributed by atoms with van der Waals surface area (Å²) >= 11 is 0. The van der Waals surface area contributed by atoms with Gasteiger partial charge in [0.25, 0.3) is 0 Å². The van der Waals surface area contributed by atoms with Crippen molar-refractivity contribution in [3.8, 4) is 0 Å². The Balaban J connectivity index is 2.33. The number of benzene rings is 1. The third-order valence-corrected chi connectivity index (χ3v) is 3.60.